The molecule has 0 aromatic rings. The number of fused-ring (bicyclic) bond motifs is 2. The molecule has 4 heterocycles. The van der Waals surface area contributed by atoms with Crippen molar-refractivity contribution in [2.24, 2.45) is 16.7 Å². The number of esters is 2. The largest absolute Gasteiger partial charge is 0.462 e. The summed E-state index contributed by atoms with van der Waals surface area (Å²) in [4.78, 5) is 26.0. The number of hydrogen-bond acceptors (Lipinski definition) is 10. The minimum Gasteiger partial charge on any atom is -0.462 e. The molecular formula is C29H38O10. The first kappa shape index (κ1) is 27.1. The van der Waals surface area contributed by atoms with E-state index in [-0.39, 0.29) is 25.2 Å². The van der Waals surface area contributed by atoms with Crippen molar-refractivity contribution >= 4 is 11.9 Å². The van der Waals surface area contributed by atoms with E-state index in [4.69, 9.17) is 23.7 Å². The van der Waals surface area contributed by atoms with Gasteiger partial charge in [0.25, 0.3) is 0 Å². The van der Waals surface area contributed by atoms with Gasteiger partial charge in [-0.3, -0.25) is 0 Å². The molecule has 0 aromatic carbocycles. The molecule has 3 N–H and O–H groups in total. The number of aliphatic hydroxyl groups is 3. The van der Waals surface area contributed by atoms with Gasteiger partial charge in [0, 0.05) is 29.9 Å². The summed E-state index contributed by atoms with van der Waals surface area (Å²) in [6.45, 7) is 7.08. The Bertz CT molecular complexity index is 1140. The van der Waals surface area contributed by atoms with Crippen LogP contribution in [0.5, 0.6) is 0 Å². The number of carbonyl (C=O) groups is 2. The van der Waals surface area contributed by atoms with Crippen LogP contribution in [0.2, 0.25) is 0 Å². The molecule has 10 heteroatoms. The molecule has 214 valence electrons. The first-order chi connectivity index (χ1) is 18.3. The standard InChI is InChI=1S/C29H38O10/c1-15-11-20(31)35-14-28-10-9-26(3,33)17-13-29(34)25(39-23(17)28)22(32)24(27(28,29)4)38-19(30)8-6-5-7-18-16(2)36-21(12-15)37-18/h5-8,11,16-18,21-25,32-34H,9-10,12-14H2,1-4H3/b7-5?,8-6?,15-11-/t16-,17-,18-,21+,22+,23+,24+,25+,26-,27+,28+,29+/m0/s1. The van der Waals surface area contributed by atoms with Crippen LogP contribution >= 0.6 is 0 Å². The van der Waals surface area contributed by atoms with Gasteiger partial charge in [-0.2, -0.15) is 0 Å². The molecule has 7 aliphatic rings. The number of allylic oxidation sites excluding steroid dienone is 2. The number of aliphatic hydroxyl groups excluding tert-OH is 1. The number of rotatable bonds is 0. The van der Waals surface area contributed by atoms with E-state index in [2.05, 4.69) is 0 Å². The van der Waals surface area contributed by atoms with Gasteiger partial charge in [0.2, 0.25) is 0 Å². The predicted octanol–water partition coefficient (Wildman–Crippen LogP) is 1.46. The first-order valence-corrected chi connectivity index (χ1v) is 13.8. The Balaban J connectivity index is 1.41. The quantitative estimate of drug-likeness (QED) is 0.383. The number of ether oxygens (including phenoxy) is 5. The van der Waals surface area contributed by atoms with Gasteiger partial charge >= 0.3 is 11.9 Å². The van der Waals surface area contributed by atoms with Crippen molar-refractivity contribution in [1.29, 1.82) is 0 Å². The third-order valence-electron chi connectivity index (χ3n) is 10.6. The minimum absolute atomic E-state index is 0.132. The van der Waals surface area contributed by atoms with Crippen LogP contribution in [0.1, 0.15) is 53.4 Å². The zero-order valence-corrected chi connectivity index (χ0v) is 22.7. The van der Waals surface area contributed by atoms with Gasteiger partial charge in [-0.25, -0.2) is 9.59 Å². The molecule has 0 aromatic heterocycles. The second-order valence-corrected chi connectivity index (χ2v) is 12.7. The summed E-state index contributed by atoms with van der Waals surface area (Å²) in [6, 6.07) is 0. The van der Waals surface area contributed by atoms with Crippen molar-refractivity contribution in [3.05, 3.63) is 36.0 Å². The molecule has 10 nitrogen and oxygen atoms in total. The number of cyclic esters (lactones) is 1. The van der Waals surface area contributed by atoms with E-state index in [0.29, 0.717) is 19.3 Å². The molecule has 0 amide bonds. The van der Waals surface area contributed by atoms with Crippen LogP contribution < -0.4 is 0 Å². The molecule has 7 rings (SSSR count). The lowest BCUT2D eigenvalue weighted by molar-refractivity contribution is -0.378. The van der Waals surface area contributed by atoms with E-state index < -0.39 is 70.6 Å². The summed E-state index contributed by atoms with van der Waals surface area (Å²) in [5, 5.41) is 34.8. The second kappa shape index (κ2) is 8.96. The molecule has 4 aliphatic heterocycles. The van der Waals surface area contributed by atoms with Gasteiger partial charge in [0.1, 0.15) is 36.6 Å². The van der Waals surface area contributed by atoms with Gasteiger partial charge in [-0.1, -0.05) is 30.7 Å². The Morgan fingerprint density at radius 2 is 1.74 bits per heavy atom. The summed E-state index contributed by atoms with van der Waals surface area (Å²) >= 11 is 0. The van der Waals surface area contributed by atoms with Crippen LogP contribution in [0, 0.1) is 16.7 Å². The average molecular weight is 547 g/mol. The third kappa shape index (κ3) is 3.75. The van der Waals surface area contributed by atoms with E-state index in [0.717, 1.165) is 5.57 Å². The maximum absolute atomic E-state index is 13.0. The van der Waals surface area contributed by atoms with Crippen LogP contribution in [0.3, 0.4) is 0 Å². The first-order valence-electron chi connectivity index (χ1n) is 13.8. The molecule has 8 bridgehead atoms. The SMILES string of the molecule is C/C1=C/C(=O)OC[C@]23CC[C@](C)(O)[C@H]4C[C@@]5(O)[C@H](O[C@H]42)[C@H](O)[C@@H](OC(=O)C=CC=C[C@@H]2O[C@H](C1)O[C@H]2C)[C@]35C. The topological polar surface area (TPSA) is 141 Å². The maximum Gasteiger partial charge on any atom is 0.331 e. The van der Waals surface area contributed by atoms with Crippen molar-refractivity contribution in [1.82, 2.24) is 0 Å². The van der Waals surface area contributed by atoms with Crippen molar-refractivity contribution in [2.45, 2.75) is 107 Å². The molecule has 3 saturated heterocycles. The van der Waals surface area contributed by atoms with Gasteiger partial charge in [-0.15, -0.1) is 0 Å². The maximum atomic E-state index is 13.0. The van der Waals surface area contributed by atoms with Crippen molar-refractivity contribution in [2.75, 3.05) is 6.61 Å². The lowest BCUT2D eigenvalue weighted by Crippen LogP contribution is -2.80. The molecule has 6 fully saturated rings. The highest BCUT2D eigenvalue weighted by molar-refractivity contribution is 5.83. The summed E-state index contributed by atoms with van der Waals surface area (Å²) in [7, 11) is 0. The molecule has 3 aliphatic carbocycles. The van der Waals surface area contributed by atoms with E-state index >= 15 is 0 Å². The third-order valence-corrected chi connectivity index (χ3v) is 10.6. The van der Waals surface area contributed by atoms with E-state index in [1.807, 2.05) is 6.92 Å². The summed E-state index contributed by atoms with van der Waals surface area (Å²) < 4.78 is 29.9. The molecule has 1 spiro atoms. The Morgan fingerprint density at radius 3 is 2.51 bits per heavy atom. The fourth-order valence-electron chi connectivity index (χ4n) is 8.34. The zero-order chi connectivity index (χ0) is 28.0. The fourth-order valence-corrected chi connectivity index (χ4v) is 8.34. The van der Waals surface area contributed by atoms with E-state index in [1.165, 1.54) is 12.2 Å². The van der Waals surface area contributed by atoms with Crippen LogP contribution in [0.15, 0.2) is 36.0 Å². The van der Waals surface area contributed by atoms with Gasteiger partial charge < -0.3 is 39.0 Å². The van der Waals surface area contributed by atoms with Crippen LogP contribution in [-0.2, 0) is 33.3 Å². The predicted molar refractivity (Wildman–Crippen MR) is 135 cm³/mol. The second-order valence-electron chi connectivity index (χ2n) is 12.7. The molecular weight excluding hydrogens is 508 g/mol. The van der Waals surface area contributed by atoms with Gasteiger partial charge in [0.05, 0.1) is 23.2 Å². The minimum atomic E-state index is -1.62. The van der Waals surface area contributed by atoms with Crippen LogP contribution in [0.25, 0.3) is 0 Å². The van der Waals surface area contributed by atoms with E-state index in [9.17, 15) is 24.9 Å². The average Bonchev–Trinajstić information content (AvgIpc) is 3.25. The fraction of sp³-hybridized carbons (Fsp3) is 0.724. The van der Waals surface area contributed by atoms with Gasteiger partial charge in [0.15, 0.2) is 6.29 Å². The lowest BCUT2D eigenvalue weighted by atomic mass is 9.40. The Labute approximate surface area is 227 Å². The van der Waals surface area contributed by atoms with Crippen molar-refractivity contribution in [3.63, 3.8) is 0 Å². The monoisotopic (exact) mass is 546 g/mol. The highest BCUT2D eigenvalue weighted by atomic mass is 16.7. The summed E-state index contributed by atoms with van der Waals surface area (Å²) in [5.74, 6) is -1.70. The molecule has 39 heavy (non-hydrogen) atoms. The summed E-state index contributed by atoms with van der Waals surface area (Å²) in [6.07, 6.45) is 3.79. The molecule has 0 radical (unpaired) electrons. The Morgan fingerprint density at radius 1 is 0.974 bits per heavy atom. The van der Waals surface area contributed by atoms with E-state index in [1.54, 1.807) is 39.0 Å². The Kier molecular flexibility index (Phi) is 6.23. The normalized spacial score (nSPS) is 54.4. The van der Waals surface area contributed by atoms with Gasteiger partial charge in [-0.05, 0) is 40.0 Å². The van der Waals surface area contributed by atoms with Crippen molar-refractivity contribution in [3.8, 4) is 0 Å². The zero-order valence-electron chi connectivity index (χ0n) is 22.7. The molecule has 0 unspecified atom stereocenters. The highest BCUT2D eigenvalue weighted by Gasteiger charge is 2.86. The Hall–Kier alpha value is -2.08. The smallest absolute Gasteiger partial charge is 0.331 e. The van der Waals surface area contributed by atoms with Crippen molar-refractivity contribution < 1.29 is 48.6 Å². The number of carbonyl (C=O) groups excluding carboxylic acids is 2. The molecule has 3 saturated carbocycles. The number of hydrogen-bond donors (Lipinski definition) is 3. The molecule has 12 atom stereocenters. The highest BCUT2D eigenvalue weighted by Crippen LogP contribution is 2.74. The lowest BCUT2D eigenvalue weighted by Gasteiger charge is -2.71. The van der Waals surface area contributed by atoms with Crippen LogP contribution in [-0.4, -0.2) is 88.0 Å². The summed E-state index contributed by atoms with van der Waals surface area (Å²) in [5.41, 5.74) is -4.23. The van der Waals surface area contributed by atoms with Crippen LogP contribution in [0.4, 0.5) is 0 Å².